The second kappa shape index (κ2) is 4.90. The van der Waals surface area contributed by atoms with Crippen LogP contribution in [0.15, 0.2) is 24.3 Å². The number of benzene rings is 1. The van der Waals surface area contributed by atoms with Gasteiger partial charge in [-0.25, -0.2) is 9.37 Å². The topological polar surface area (TPSA) is 28.7 Å². The molecule has 2 rings (SSSR count). The van der Waals surface area contributed by atoms with Crippen molar-refractivity contribution in [2.45, 2.75) is 6.18 Å². The standard InChI is InChI=1S/C11H5ClF4N2S/c12-5-1-2-6(7(13)3-5)8-4-9(19)18-10(17-8)11(14,15)16/h1-4H,(H,17,18,19). The summed E-state index contributed by atoms with van der Waals surface area (Å²) in [5, 5.41) is 0.143. The molecule has 0 bridgehead atoms. The summed E-state index contributed by atoms with van der Waals surface area (Å²) in [5.74, 6) is -2.03. The van der Waals surface area contributed by atoms with E-state index in [1.54, 1.807) is 0 Å². The van der Waals surface area contributed by atoms with Crippen molar-refractivity contribution in [1.82, 2.24) is 9.97 Å². The minimum Gasteiger partial charge on any atom is -0.335 e. The molecule has 8 heteroatoms. The van der Waals surface area contributed by atoms with Crippen LogP contribution in [0.4, 0.5) is 17.6 Å². The Kier molecular flexibility index (Phi) is 3.60. The average molecular weight is 309 g/mol. The van der Waals surface area contributed by atoms with E-state index in [1.807, 2.05) is 4.98 Å². The van der Waals surface area contributed by atoms with Gasteiger partial charge in [0.15, 0.2) is 0 Å². The van der Waals surface area contributed by atoms with E-state index in [0.717, 1.165) is 12.1 Å². The van der Waals surface area contributed by atoms with Crippen molar-refractivity contribution in [3.05, 3.63) is 45.6 Å². The molecule has 2 nitrogen and oxygen atoms in total. The van der Waals surface area contributed by atoms with E-state index in [-0.39, 0.29) is 20.9 Å². The third-order valence-electron chi connectivity index (χ3n) is 2.23. The fourth-order valence-electron chi connectivity index (χ4n) is 1.44. The van der Waals surface area contributed by atoms with Crippen LogP contribution in [-0.4, -0.2) is 9.97 Å². The Morgan fingerprint density at radius 2 is 1.89 bits per heavy atom. The molecule has 0 spiro atoms. The molecule has 1 aromatic carbocycles. The number of halogens is 5. The smallest absolute Gasteiger partial charge is 0.335 e. The second-order valence-electron chi connectivity index (χ2n) is 3.60. The molecule has 0 aliphatic carbocycles. The molecule has 0 saturated heterocycles. The SMILES string of the molecule is Fc1cc(Cl)ccc1-c1cc(=S)nc(C(F)(F)F)[nH]1. The fraction of sp³-hybridized carbons (Fsp3) is 0.0909. The van der Waals surface area contributed by atoms with Gasteiger partial charge in [0.1, 0.15) is 10.5 Å². The molecule has 0 unspecified atom stereocenters. The number of rotatable bonds is 1. The van der Waals surface area contributed by atoms with Crippen LogP contribution in [0.1, 0.15) is 5.82 Å². The average Bonchev–Trinajstić information content (AvgIpc) is 2.26. The number of aromatic amines is 1. The first-order chi connectivity index (χ1) is 8.77. The van der Waals surface area contributed by atoms with E-state index in [9.17, 15) is 17.6 Å². The van der Waals surface area contributed by atoms with E-state index in [1.165, 1.54) is 12.1 Å². The second-order valence-corrected chi connectivity index (χ2v) is 4.46. The molecule has 0 radical (unpaired) electrons. The van der Waals surface area contributed by atoms with Gasteiger partial charge in [-0.3, -0.25) is 0 Å². The molecule has 1 aromatic heterocycles. The summed E-state index contributed by atoms with van der Waals surface area (Å²) in [6.07, 6.45) is -4.69. The number of nitrogens with zero attached hydrogens (tertiary/aromatic N) is 1. The van der Waals surface area contributed by atoms with Crippen LogP contribution in [0.25, 0.3) is 11.3 Å². The summed E-state index contributed by atoms with van der Waals surface area (Å²) in [6, 6.07) is 4.78. The largest absolute Gasteiger partial charge is 0.449 e. The third kappa shape index (κ3) is 3.10. The lowest BCUT2D eigenvalue weighted by molar-refractivity contribution is -0.145. The predicted octanol–water partition coefficient (Wildman–Crippen LogP) is 4.62. The zero-order chi connectivity index (χ0) is 14.2. The van der Waals surface area contributed by atoms with Crippen LogP contribution in [0.3, 0.4) is 0 Å². The number of hydrogen-bond donors (Lipinski definition) is 1. The summed E-state index contributed by atoms with van der Waals surface area (Å²) >= 11 is 10.2. The predicted molar refractivity (Wildman–Crippen MR) is 64.8 cm³/mol. The first kappa shape index (κ1) is 14.0. The van der Waals surface area contributed by atoms with Crippen LogP contribution >= 0.6 is 23.8 Å². The normalized spacial score (nSPS) is 11.6. The number of alkyl halides is 3. The number of nitrogens with one attached hydrogen (secondary N) is 1. The number of aromatic nitrogens is 2. The zero-order valence-electron chi connectivity index (χ0n) is 9.05. The fourth-order valence-corrected chi connectivity index (χ4v) is 1.81. The van der Waals surface area contributed by atoms with Crippen LogP contribution in [0.2, 0.25) is 5.02 Å². The van der Waals surface area contributed by atoms with Crippen molar-refractivity contribution in [2.75, 3.05) is 0 Å². The first-order valence-electron chi connectivity index (χ1n) is 4.91. The van der Waals surface area contributed by atoms with E-state index >= 15 is 0 Å². The van der Waals surface area contributed by atoms with Crippen LogP contribution in [-0.2, 0) is 6.18 Å². The molecule has 0 aliphatic heterocycles. The Bertz CT molecular complexity index is 681. The first-order valence-corrected chi connectivity index (χ1v) is 5.70. The number of H-pyrrole nitrogens is 1. The van der Waals surface area contributed by atoms with Crippen molar-refractivity contribution in [3.8, 4) is 11.3 Å². The summed E-state index contributed by atoms with van der Waals surface area (Å²) in [4.78, 5) is 5.18. The lowest BCUT2D eigenvalue weighted by Gasteiger charge is -2.09. The molecule has 0 saturated carbocycles. The van der Waals surface area contributed by atoms with Crippen LogP contribution in [0.5, 0.6) is 0 Å². The van der Waals surface area contributed by atoms with Gasteiger partial charge in [0.05, 0.1) is 5.69 Å². The highest BCUT2D eigenvalue weighted by Gasteiger charge is 2.34. The van der Waals surface area contributed by atoms with Gasteiger partial charge in [-0.2, -0.15) is 13.2 Å². The van der Waals surface area contributed by atoms with E-state index in [2.05, 4.69) is 17.2 Å². The molecule has 0 amide bonds. The van der Waals surface area contributed by atoms with Crippen molar-refractivity contribution in [1.29, 1.82) is 0 Å². The van der Waals surface area contributed by atoms with Gasteiger partial charge < -0.3 is 4.98 Å². The van der Waals surface area contributed by atoms with Gasteiger partial charge in [0.2, 0.25) is 5.82 Å². The molecule has 0 atom stereocenters. The van der Waals surface area contributed by atoms with E-state index in [0.29, 0.717) is 0 Å². The molecule has 19 heavy (non-hydrogen) atoms. The van der Waals surface area contributed by atoms with E-state index in [4.69, 9.17) is 11.6 Å². The molecule has 0 aliphatic rings. The highest BCUT2D eigenvalue weighted by atomic mass is 35.5. The Morgan fingerprint density at radius 3 is 2.47 bits per heavy atom. The quantitative estimate of drug-likeness (QED) is 0.615. The Balaban J connectivity index is 2.63. The number of hydrogen-bond acceptors (Lipinski definition) is 2. The molecular weight excluding hydrogens is 304 g/mol. The van der Waals surface area contributed by atoms with Crippen LogP contribution in [0, 0.1) is 10.5 Å². The Morgan fingerprint density at radius 1 is 1.21 bits per heavy atom. The highest BCUT2D eigenvalue weighted by Crippen LogP contribution is 2.29. The minimum absolute atomic E-state index is 0.0663. The molecule has 2 aromatic rings. The summed E-state index contributed by atoms with van der Waals surface area (Å²) < 4.78 is 51.1. The molecular formula is C11H5ClF4N2S. The van der Waals surface area contributed by atoms with Gasteiger partial charge in [0.25, 0.3) is 0 Å². The molecule has 1 N–H and O–H groups in total. The molecule has 1 heterocycles. The summed E-state index contributed by atoms with van der Waals surface area (Å²) in [7, 11) is 0. The monoisotopic (exact) mass is 308 g/mol. The maximum Gasteiger partial charge on any atom is 0.449 e. The molecule has 100 valence electrons. The summed E-state index contributed by atoms with van der Waals surface area (Å²) in [5.41, 5.74) is -0.176. The minimum atomic E-state index is -4.69. The van der Waals surface area contributed by atoms with E-state index < -0.39 is 17.8 Å². The lowest BCUT2D eigenvalue weighted by Crippen LogP contribution is -2.11. The van der Waals surface area contributed by atoms with Gasteiger partial charge in [-0.05, 0) is 24.3 Å². The van der Waals surface area contributed by atoms with Crippen LogP contribution < -0.4 is 0 Å². The van der Waals surface area contributed by atoms with Gasteiger partial charge in [0, 0.05) is 10.6 Å². The van der Waals surface area contributed by atoms with Gasteiger partial charge in [-0.15, -0.1) is 0 Å². The van der Waals surface area contributed by atoms with Crippen molar-refractivity contribution in [2.24, 2.45) is 0 Å². The van der Waals surface area contributed by atoms with Gasteiger partial charge >= 0.3 is 6.18 Å². The molecule has 0 fully saturated rings. The highest BCUT2D eigenvalue weighted by molar-refractivity contribution is 7.71. The maximum atomic E-state index is 13.7. The lowest BCUT2D eigenvalue weighted by atomic mass is 10.1. The van der Waals surface area contributed by atoms with Crippen molar-refractivity contribution < 1.29 is 17.6 Å². The summed E-state index contributed by atoms with van der Waals surface area (Å²) in [6.45, 7) is 0. The maximum absolute atomic E-state index is 13.7. The van der Waals surface area contributed by atoms with Crippen molar-refractivity contribution in [3.63, 3.8) is 0 Å². The Labute approximate surface area is 115 Å². The third-order valence-corrected chi connectivity index (χ3v) is 2.68. The zero-order valence-corrected chi connectivity index (χ0v) is 10.6. The Hall–Kier alpha value is -1.47. The van der Waals surface area contributed by atoms with Crippen molar-refractivity contribution >= 4 is 23.8 Å². The van der Waals surface area contributed by atoms with Gasteiger partial charge in [-0.1, -0.05) is 23.8 Å².